The molecule has 0 saturated carbocycles. The molecule has 9 heteroatoms. The number of nitrogens with one attached hydrogen (secondary N) is 2. The maximum Gasteiger partial charge on any atom is 0.270 e. The first-order chi connectivity index (χ1) is 13.2. The molecule has 0 spiro atoms. The minimum Gasteiger partial charge on any atom is -0.290 e. The smallest absolute Gasteiger partial charge is 0.270 e. The van der Waals surface area contributed by atoms with Crippen LogP contribution in [0.4, 0.5) is 5.95 Å². The number of anilines is 1. The Bertz CT molecular complexity index is 1240. The van der Waals surface area contributed by atoms with Crippen molar-refractivity contribution >= 4 is 33.9 Å². The third-order valence-electron chi connectivity index (χ3n) is 3.73. The molecule has 130 valence electrons. The second-order valence-corrected chi connectivity index (χ2v) is 6.27. The van der Waals surface area contributed by atoms with Crippen LogP contribution in [0.5, 0.6) is 0 Å². The molecule has 4 rings (SSSR count). The van der Waals surface area contributed by atoms with Crippen LogP contribution in [-0.4, -0.2) is 25.8 Å². The van der Waals surface area contributed by atoms with Gasteiger partial charge < -0.3 is 0 Å². The molecular weight excluding hydrogens is 362 g/mol. The third kappa shape index (κ3) is 3.42. The molecule has 2 N–H and O–H groups in total. The fourth-order valence-corrected chi connectivity index (χ4v) is 3.02. The number of fused-ring (bicyclic) bond motifs is 1. The molecule has 0 aliphatic carbocycles. The number of nitrogens with zero attached hydrogens (tertiary/aromatic N) is 5. The Morgan fingerprint density at radius 2 is 2.07 bits per heavy atom. The fraction of sp³-hybridized carbons (Fsp3) is 0. The van der Waals surface area contributed by atoms with Crippen LogP contribution in [0.2, 0.25) is 0 Å². The van der Waals surface area contributed by atoms with E-state index in [0.717, 1.165) is 15.8 Å². The van der Waals surface area contributed by atoms with Crippen LogP contribution in [0.1, 0.15) is 11.1 Å². The van der Waals surface area contributed by atoms with Gasteiger partial charge in [0.05, 0.1) is 16.6 Å². The Morgan fingerprint density at radius 3 is 2.89 bits per heavy atom. The summed E-state index contributed by atoms with van der Waals surface area (Å²) in [5, 5.41) is 17.4. The summed E-state index contributed by atoms with van der Waals surface area (Å²) in [6.07, 6.45) is 1.58. The van der Waals surface area contributed by atoms with Gasteiger partial charge in [-0.2, -0.15) is 10.4 Å². The summed E-state index contributed by atoms with van der Waals surface area (Å²) in [6, 6.07) is 16.6. The van der Waals surface area contributed by atoms with Crippen molar-refractivity contribution in [1.29, 1.82) is 5.26 Å². The number of aromatic nitrogens is 4. The molecule has 0 aliphatic heterocycles. The lowest BCUT2D eigenvalue weighted by Crippen LogP contribution is -2.16. The Labute approximate surface area is 157 Å². The molecule has 2 heterocycles. The Morgan fingerprint density at radius 1 is 1.22 bits per heavy atom. The molecule has 0 amide bonds. The van der Waals surface area contributed by atoms with Gasteiger partial charge in [0.2, 0.25) is 5.95 Å². The third-order valence-corrected chi connectivity index (χ3v) is 4.44. The van der Waals surface area contributed by atoms with E-state index in [0.29, 0.717) is 11.3 Å². The number of rotatable bonds is 4. The van der Waals surface area contributed by atoms with Gasteiger partial charge in [-0.3, -0.25) is 9.78 Å². The first-order valence-corrected chi connectivity index (χ1v) is 8.63. The lowest BCUT2D eigenvalue weighted by atomic mass is 10.1. The highest BCUT2D eigenvalue weighted by atomic mass is 32.1. The quantitative estimate of drug-likeness (QED) is 0.419. The number of benzene rings is 2. The topological polar surface area (TPSA) is 120 Å². The van der Waals surface area contributed by atoms with E-state index in [1.807, 2.05) is 42.5 Å². The van der Waals surface area contributed by atoms with Gasteiger partial charge >= 0.3 is 0 Å². The van der Waals surface area contributed by atoms with E-state index in [9.17, 15) is 10.1 Å². The monoisotopic (exact) mass is 373 g/mol. The van der Waals surface area contributed by atoms with Crippen molar-refractivity contribution < 1.29 is 0 Å². The van der Waals surface area contributed by atoms with Gasteiger partial charge in [0.1, 0.15) is 17.1 Å². The number of H-pyrrole nitrogens is 1. The van der Waals surface area contributed by atoms with Gasteiger partial charge in [0, 0.05) is 5.56 Å². The van der Waals surface area contributed by atoms with Gasteiger partial charge in [-0.05, 0) is 29.2 Å². The van der Waals surface area contributed by atoms with Crippen LogP contribution in [0.25, 0.3) is 21.5 Å². The minimum atomic E-state index is -0.529. The molecule has 0 saturated heterocycles. The maximum atomic E-state index is 12.2. The largest absolute Gasteiger partial charge is 0.290 e. The number of nitriles is 1. The Hall–Kier alpha value is -3.90. The molecule has 0 atom stereocenters. The second-order valence-electron chi connectivity index (χ2n) is 5.49. The zero-order valence-corrected chi connectivity index (χ0v) is 14.6. The minimum absolute atomic E-state index is 0.0442. The van der Waals surface area contributed by atoms with Crippen molar-refractivity contribution in [2.75, 3.05) is 5.43 Å². The van der Waals surface area contributed by atoms with E-state index in [1.54, 1.807) is 18.3 Å². The average molecular weight is 373 g/mol. The van der Waals surface area contributed by atoms with E-state index in [1.165, 1.54) is 11.5 Å². The van der Waals surface area contributed by atoms with Gasteiger partial charge in [-0.15, -0.1) is 5.10 Å². The van der Waals surface area contributed by atoms with E-state index in [4.69, 9.17) is 0 Å². The number of aromatic amines is 1. The van der Waals surface area contributed by atoms with Crippen LogP contribution in [-0.2, 0) is 0 Å². The van der Waals surface area contributed by atoms with Gasteiger partial charge in [-0.1, -0.05) is 40.9 Å². The van der Waals surface area contributed by atoms with Crippen molar-refractivity contribution in [2.45, 2.75) is 0 Å². The van der Waals surface area contributed by atoms with Crippen molar-refractivity contribution in [3.63, 3.8) is 0 Å². The standard InChI is InChI=1S/C18H11N7OS/c19-9-13-16(12-4-2-1-3-5-12)21-18(22-17(13)26)24-20-10-11-6-7-15-14(8-11)23-25-27-15/h1-8,10H,(H2,21,22,24,26). The molecule has 0 bridgehead atoms. The van der Waals surface area contributed by atoms with E-state index < -0.39 is 5.56 Å². The average Bonchev–Trinajstić information content (AvgIpc) is 3.16. The molecule has 0 radical (unpaired) electrons. The highest BCUT2D eigenvalue weighted by Crippen LogP contribution is 2.19. The van der Waals surface area contributed by atoms with Crippen molar-refractivity contribution in [1.82, 2.24) is 19.6 Å². The summed E-state index contributed by atoms with van der Waals surface area (Å²) in [4.78, 5) is 19.0. The van der Waals surface area contributed by atoms with Gasteiger partial charge in [-0.25, -0.2) is 10.4 Å². The molecule has 0 fully saturated rings. The highest BCUT2D eigenvalue weighted by molar-refractivity contribution is 7.12. The van der Waals surface area contributed by atoms with E-state index in [-0.39, 0.29) is 11.5 Å². The maximum absolute atomic E-state index is 12.2. The van der Waals surface area contributed by atoms with E-state index in [2.05, 4.69) is 30.1 Å². The number of hydrogen-bond donors (Lipinski definition) is 2. The predicted molar refractivity (Wildman–Crippen MR) is 104 cm³/mol. The Balaban J connectivity index is 1.63. The fourth-order valence-electron chi connectivity index (χ4n) is 2.48. The van der Waals surface area contributed by atoms with Crippen molar-refractivity contribution in [3.05, 3.63) is 70.0 Å². The van der Waals surface area contributed by atoms with Gasteiger partial charge in [0.15, 0.2) is 0 Å². The molecule has 27 heavy (non-hydrogen) atoms. The number of hydrazone groups is 1. The van der Waals surface area contributed by atoms with Crippen LogP contribution < -0.4 is 11.0 Å². The predicted octanol–water partition coefficient (Wildman–Crippen LogP) is 2.76. The lowest BCUT2D eigenvalue weighted by molar-refractivity contribution is 1.08. The normalized spacial score (nSPS) is 10.9. The van der Waals surface area contributed by atoms with Crippen LogP contribution in [0.15, 0.2) is 58.4 Å². The molecule has 0 aliphatic rings. The molecule has 2 aromatic heterocycles. The highest BCUT2D eigenvalue weighted by Gasteiger charge is 2.12. The van der Waals surface area contributed by atoms with Crippen LogP contribution in [0.3, 0.4) is 0 Å². The van der Waals surface area contributed by atoms with Crippen LogP contribution >= 0.6 is 11.5 Å². The summed E-state index contributed by atoms with van der Waals surface area (Å²) in [7, 11) is 0. The summed E-state index contributed by atoms with van der Waals surface area (Å²) < 4.78 is 4.88. The summed E-state index contributed by atoms with van der Waals surface area (Å²) in [5.74, 6) is 0.144. The lowest BCUT2D eigenvalue weighted by Gasteiger charge is -2.05. The summed E-state index contributed by atoms with van der Waals surface area (Å²) >= 11 is 1.32. The molecule has 2 aromatic carbocycles. The zero-order chi connectivity index (χ0) is 18.6. The van der Waals surface area contributed by atoms with Crippen molar-refractivity contribution in [3.8, 4) is 17.3 Å². The number of hydrogen-bond acceptors (Lipinski definition) is 8. The van der Waals surface area contributed by atoms with Crippen molar-refractivity contribution in [2.24, 2.45) is 5.10 Å². The van der Waals surface area contributed by atoms with Gasteiger partial charge in [0.25, 0.3) is 5.56 Å². The summed E-state index contributed by atoms with van der Waals surface area (Å²) in [5.41, 5.74) is 4.71. The van der Waals surface area contributed by atoms with E-state index >= 15 is 0 Å². The van der Waals surface area contributed by atoms with Crippen LogP contribution in [0, 0.1) is 11.3 Å². The zero-order valence-electron chi connectivity index (χ0n) is 13.7. The first kappa shape index (κ1) is 16.6. The SMILES string of the molecule is N#Cc1c(-c2ccccc2)nc(NN=Cc2ccc3snnc3c2)[nH]c1=O. The molecule has 8 nitrogen and oxygen atoms in total. The second kappa shape index (κ2) is 7.15. The molecular formula is C18H11N7OS. The first-order valence-electron chi connectivity index (χ1n) is 7.85. The molecule has 0 unspecified atom stereocenters. The summed E-state index contributed by atoms with van der Waals surface area (Å²) in [6.45, 7) is 0. The molecule has 4 aromatic rings. The Kier molecular flexibility index (Phi) is 4.38.